The number of anilines is 1. The topological polar surface area (TPSA) is 38.9 Å². The van der Waals surface area contributed by atoms with Gasteiger partial charge in [0.25, 0.3) is 0 Å². The van der Waals surface area contributed by atoms with Crippen LogP contribution < -0.4 is 5.73 Å². The van der Waals surface area contributed by atoms with Gasteiger partial charge in [-0.1, -0.05) is 38.8 Å². The fraction of sp³-hybridized carbons (Fsp3) is 0.267. The summed E-state index contributed by atoms with van der Waals surface area (Å²) in [6.07, 6.45) is 5.56. The predicted octanol–water partition coefficient (Wildman–Crippen LogP) is 3.10. The number of pyridine rings is 1. The minimum atomic E-state index is -0.0828. The highest BCUT2D eigenvalue weighted by atomic mass is 14.8. The smallest absolute Gasteiger partial charge is 0.124 e. The van der Waals surface area contributed by atoms with Crippen LogP contribution in [0.15, 0.2) is 24.3 Å². The van der Waals surface area contributed by atoms with Crippen LogP contribution in [0, 0.1) is 12.3 Å². The number of terminal acetylenes is 1. The first-order valence-electron chi connectivity index (χ1n) is 5.60. The molecule has 0 spiro atoms. The molecular formula is C15H16N2. The third kappa shape index (κ3) is 1.97. The molecule has 86 valence electrons. The van der Waals surface area contributed by atoms with Crippen molar-refractivity contribution in [1.82, 2.24) is 4.98 Å². The molecule has 0 fully saturated rings. The molecule has 2 rings (SSSR count). The highest BCUT2D eigenvalue weighted by molar-refractivity contribution is 5.92. The lowest BCUT2D eigenvalue weighted by Gasteiger charge is -2.21. The van der Waals surface area contributed by atoms with Crippen LogP contribution in [0.25, 0.3) is 10.8 Å². The highest BCUT2D eigenvalue weighted by Crippen LogP contribution is 2.31. The lowest BCUT2D eigenvalue weighted by atomic mass is 9.86. The Labute approximate surface area is 102 Å². The minimum absolute atomic E-state index is 0.0828. The second-order valence-electron chi connectivity index (χ2n) is 5.19. The molecule has 0 aliphatic heterocycles. The van der Waals surface area contributed by atoms with Gasteiger partial charge in [0.2, 0.25) is 0 Å². The number of rotatable bonds is 0. The third-order valence-corrected chi connectivity index (χ3v) is 2.74. The molecule has 1 aromatic heterocycles. The Morgan fingerprint density at radius 2 is 2.00 bits per heavy atom. The second kappa shape index (κ2) is 3.78. The summed E-state index contributed by atoms with van der Waals surface area (Å²) >= 11 is 0. The first-order valence-corrected chi connectivity index (χ1v) is 5.60. The number of nitrogens with zero attached hydrogens (tertiary/aromatic N) is 1. The monoisotopic (exact) mass is 224 g/mol. The Balaban J connectivity index is 2.96. The summed E-state index contributed by atoms with van der Waals surface area (Å²) in [6.45, 7) is 6.34. The van der Waals surface area contributed by atoms with Crippen LogP contribution in [-0.2, 0) is 5.41 Å². The molecule has 0 unspecified atom stereocenters. The maximum absolute atomic E-state index is 5.85. The standard InChI is InChI=1S/C15H16N2/c1-5-10-7-6-8-11-9-12(16)17-14(13(10)11)15(2,3)4/h1,6-9H,2-4H3,(H2,16,17). The molecule has 2 nitrogen and oxygen atoms in total. The van der Waals surface area contributed by atoms with Gasteiger partial charge < -0.3 is 5.73 Å². The van der Waals surface area contributed by atoms with E-state index in [4.69, 9.17) is 12.2 Å². The Hall–Kier alpha value is -2.01. The molecule has 0 bridgehead atoms. The Morgan fingerprint density at radius 1 is 1.29 bits per heavy atom. The quantitative estimate of drug-likeness (QED) is 0.698. The summed E-state index contributed by atoms with van der Waals surface area (Å²) in [5.74, 6) is 3.26. The normalized spacial score (nSPS) is 11.4. The largest absolute Gasteiger partial charge is 0.384 e. The van der Waals surface area contributed by atoms with Gasteiger partial charge in [-0.25, -0.2) is 4.98 Å². The summed E-state index contributed by atoms with van der Waals surface area (Å²) in [6, 6.07) is 7.77. The van der Waals surface area contributed by atoms with Gasteiger partial charge in [0, 0.05) is 16.4 Å². The van der Waals surface area contributed by atoms with Crippen molar-refractivity contribution in [3.8, 4) is 12.3 Å². The molecule has 2 aromatic rings. The van der Waals surface area contributed by atoms with Crippen LogP contribution in [0.4, 0.5) is 5.82 Å². The number of fused-ring (bicyclic) bond motifs is 1. The van der Waals surface area contributed by atoms with Crippen molar-refractivity contribution in [2.75, 3.05) is 5.73 Å². The van der Waals surface area contributed by atoms with Crippen molar-refractivity contribution in [2.24, 2.45) is 0 Å². The molecule has 0 saturated heterocycles. The van der Waals surface area contributed by atoms with Crippen molar-refractivity contribution in [3.05, 3.63) is 35.5 Å². The zero-order valence-corrected chi connectivity index (χ0v) is 10.4. The highest BCUT2D eigenvalue weighted by Gasteiger charge is 2.20. The number of hydrogen-bond donors (Lipinski definition) is 1. The molecule has 0 atom stereocenters. The first-order chi connectivity index (χ1) is 7.93. The van der Waals surface area contributed by atoms with E-state index in [1.807, 2.05) is 24.3 Å². The minimum Gasteiger partial charge on any atom is -0.384 e. The SMILES string of the molecule is C#Cc1cccc2cc(N)nc(C(C)(C)C)c12. The molecule has 0 aliphatic carbocycles. The Morgan fingerprint density at radius 3 is 2.59 bits per heavy atom. The van der Waals surface area contributed by atoms with E-state index in [9.17, 15) is 0 Å². The molecule has 0 aliphatic rings. The van der Waals surface area contributed by atoms with E-state index in [0.29, 0.717) is 5.82 Å². The van der Waals surface area contributed by atoms with E-state index in [1.165, 1.54) is 0 Å². The molecular weight excluding hydrogens is 208 g/mol. The van der Waals surface area contributed by atoms with Crippen molar-refractivity contribution >= 4 is 16.6 Å². The zero-order chi connectivity index (χ0) is 12.6. The summed E-state index contributed by atoms with van der Waals surface area (Å²) in [5, 5.41) is 2.09. The Kier molecular flexibility index (Phi) is 2.55. The van der Waals surface area contributed by atoms with Crippen LogP contribution in [0.5, 0.6) is 0 Å². The molecule has 0 saturated carbocycles. The van der Waals surface area contributed by atoms with Gasteiger partial charge in [-0.2, -0.15) is 0 Å². The van der Waals surface area contributed by atoms with E-state index in [0.717, 1.165) is 22.0 Å². The van der Waals surface area contributed by atoms with Gasteiger partial charge in [-0.15, -0.1) is 6.42 Å². The van der Waals surface area contributed by atoms with Gasteiger partial charge in [0.15, 0.2) is 0 Å². The molecule has 2 heteroatoms. The van der Waals surface area contributed by atoms with E-state index in [-0.39, 0.29) is 5.41 Å². The molecule has 0 radical (unpaired) electrons. The zero-order valence-electron chi connectivity index (χ0n) is 10.4. The summed E-state index contributed by atoms with van der Waals surface area (Å²) in [7, 11) is 0. The van der Waals surface area contributed by atoms with Gasteiger partial charge >= 0.3 is 0 Å². The number of nitrogen functional groups attached to an aromatic ring is 1. The second-order valence-corrected chi connectivity index (χ2v) is 5.19. The van der Waals surface area contributed by atoms with Gasteiger partial charge in [0.05, 0.1) is 5.69 Å². The summed E-state index contributed by atoms with van der Waals surface area (Å²) in [5.41, 5.74) is 7.60. The van der Waals surface area contributed by atoms with E-state index < -0.39 is 0 Å². The van der Waals surface area contributed by atoms with Crippen LogP contribution in [0.3, 0.4) is 0 Å². The molecule has 0 amide bonds. The van der Waals surface area contributed by atoms with Gasteiger partial charge in [0.1, 0.15) is 5.82 Å². The number of nitrogens with two attached hydrogens (primary N) is 1. The van der Waals surface area contributed by atoms with Crippen LogP contribution in [0.2, 0.25) is 0 Å². The Bertz CT molecular complexity index is 613. The fourth-order valence-corrected chi connectivity index (χ4v) is 1.99. The van der Waals surface area contributed by atoms with E-state index >= 15 is 0 Å². The van der Waals surface area contributed by atoms with Gasteiger partial charge in [-0.05, 0) is 17.5 Å². The summed E-state index contributed by atoms with van der Waals surface area (Å²) < 4.78 is 0. The maximum Gasteiger partial charge on any atom is 0.124 e. The van der Waals surface area contributed by atoms with Crippen molar-refractivity contribution in [1.29, 1.82) is 0 Å². The molecule has 17 heavy (non-hydrogen) atoms. The van der Waals surface area contributed by atoms with E-state index in [2.05, 4.69) is 31.7 Å². The first kappa shape index (κ1) is 11.5. The molecule has 1 heterocycles. The van der Waals surface area contributed by atoms with Crippen LogP contribution in [0.1, 0.15) is 32.0 Å². The third-order valence-electron chi connectivity index (χ3n) is 2.74. The van der Waals surface area contributed by atoms with Crippen molar-refractivity contribution in [3.63, 3.8) is 0 Å². The number of hydrogen-bond acceptors (Lipinski definition) is 2. The molecule has 2 N–H and O–H groups in total. The van der Waals surface area contributed by atoms with E-state index in [1.54, 1.807) is 0 Å². The number of benzene rings is 1. The van der Waals surface area contributed by atoms with Crippen molar-refractivity contribution < 1.29 is 0 Å². The molecule has 1 aromatic carbocycles. The average Bonchev–Trinajstić information content (AvgIpc) is 2.25. The lowest BCUT2D eigenvalue weighted by Crippen LogP contribution is -2.15. The predicted molar refractivity (Wildman–Crippen MR) is 72.8 cm³/mol. The van der Waals surface area contributed by atoms with Gasteiger partial charge in [-0.3, -0.25) is 0 Å². The lowest BCUT2D eigenvalue weighted by molar-refractivity contribution is 0.576. The average molecular weight is 224 g/mol. The number of aromatic nitrogens is 1. The van der Waals surface area contributed by atoms with Crippen molar-refractivity contribution in [2.45, 2.75) is 26.2 Å². The fourth-order valence-electron chi connectivity index (χ4n) is 1.99. The van der Waals surface area contributed by atoms with Crippen LogP contribution in [-0.4, -0.2) is 4.98 Å². The summed E-state index contributed by atoms with van der Waals surface area (Å²) in [4.78, 5) is 4.46. The van der Waals surface area contributed by atoms with Crippen LogP contribution >= 0.6 is 0 Å². The maximum atomic E-state index is 5.85.